The monoisotopic (exact) mass is 429 g/mol. The van der Waals surface area contributed by atoms with Crippen LogP contribution in [-0.4, -0.2) is 53.3 Å². The average molecular weight is 430 g/mol. The average Bonchev–Trinajstić information content (AvgIpc) is 3.26. The number of rotatable bonds is 4. The summed E-state index contributed by atoms with van der Waals surface area (Å²) >= 11 is 3.54. The molecule has 2 aliphatic rings. The Kier molecular flexibility index (Phi) is 5.04. The molecule has 2 fully saturated rings. The van der Waals surface area contributed by atoms with E-state index in [0.717, 1.165) is 36.2 Å². The number of nitrogens with zero attached hydrogens (tertiary/aromatic N) is 4. The molecule has 142 valence electrons. The molecule has 3 atom stereocenters. The molecule has 27 heavy (non-hydrogen) atoms. The summed E-state index contributed by atoms with van der Waals surface area (Å²) in [5, 5.41) is 11.3. The van der Waals surface area contributed by atoms with E-state index in [4.69, 9.17) is 0 Å². The lowest BCUT2D eigenvalue weighted by Gasteiger charge is -2.25. The van der Waals surface area contributed by atoms with E-state index in [9.17, 15) is 4.79 Å². The van der Waals surface area contributed by atoms with Crippen molar-refractivity contribution in [3.8, 4) is 0 Å². The van der Waals surface area contributed by atoms with Crippen molar-refractivity contribution in [2.75, 3.05) is 25.0 Å². The molecule has 1 saturated heterocycles. The highest BCUT2D eigenvalue weighted by atomic mass is 79.9. The summed E-state index contributed by atoms with van der Waals surface area (Å²) in [6.07, 6.45) is 3.63. The van der Waals surface area contributed by atoms with Crippen LogP contribution in [0.1, 0.15) is 29.9 Å². The third-order valence-electron chi connectivity index (χ3n) is 5.62. The number of carbonyl (C=O) groups excluding carboxylic acids is 1. The van der Waals surface area contributed by atoms with Gasteiger partial charge in [-0.05, 0) is 49.1 Å². The topological polar surface area (TPSA) is 61.4 Å². The number of hydrogen-bond donors (Lipinski definition) is 1. The summed E-state index contributed by atoms with van der Waals surface area (Å²) in [6.45, 7) is 3.79. The zero-order chi connectivity index (χ0) is 19.0. The fourth-order valence-corrected chi connectivity index (χ4v) is 4.02. The molecule has 4 rings (SSSR count). The molecule has 0 spiro atoms. The van der Waals surface area contributed by atoms with E-state index >= 15 is 0 Å². The summed E-state index contributed by atoms with van der Waals surface area (Å²) in [6, 6.07) is 10.7. The Morgan fingerprint density at radius 2 is 2.22 bits per heavy atom. The Morgan fingerprint density at radius 1 is 1.37 bits per heavy atom. The lowest BCUT2D eigenvalue weighted by Crippen LogP contribution is -2.45. The predicted molar refractivity (Wildman–Crippen MR) is 109 cm³/mol. The van der Waals surface area contributed by atoms with Crippen molar-refractivity contribution < 1.29 is 4.79 Å². The van der Waals surface area contributed by atoms with Gasteiger partial charge in [0.05, 0.1) is 6.04 Å². The number of halogens is 1. The lowest BCUT2D eigenvalue weighted by atomic mass is 10.1. The second-order valence-corrected chi connectivity index (χ2v) is 8.34. The van der Waals surface area contributed by atoms with Gasteiger partial charge >= 0.3 is 6.03 Å². The molecule has 1 aromatic heterocycles. The van der Waals surface area contributed by atoms with Crippen LogP contribution in [0.2, 0.25) is 0 Å². The van der Waals surface area contributed by atoms with Gasteiger partial charge in [0.15, 0.2) is 5.82 Å². The highest BCUT2D eigenvalue weighted by molar-refractivity contribution is 9.10. The van der Waals surface area contributed by atoms with Crippen molar-refractivity contribution in [2.24, 2.45) is 0 Å². The standard InChI is InChI=1S/C20H24BrN5O/c1-13-10-14(5-6-17(13)21)16-11-18(16)23-20(27)25(2)15-7-9-26(12-15)19-4-3-8-22-24-19/h3-6,8,10,15-16,18H,7,9,11-12H2,1-2H3,(H,23,27)/t15-,16-,18+/m0/s1. The van der Waals surface area contributed by atoms with Gasteiger partial charge in [0.25, 0.3) is 0 Å². The van der Waals surface area contributed by atoms with Crippen molar-refractivity contribution in [3.05, 3.63) is 52.1 Å². The Balaban J connectivity index is 1.31. The van der Waals surface area contributed by atoms with Crippen molar-refractivity contribution in [1.82, 2.24) is 20.4 Å². The third-order valence-corrected chi connectivity index (χ3v) is 6.51. The van der Waals surface area contributed by atoms with E-state index < -0.39 is 0 Å². The fourth-order valence-electron chi connectivity index (χ4n) is 3.78. The Morgan fingerprint density at radius 3 is 2.96 bits per heavy atom. The molecule has 2 aromatic rings. The number of nitrogens with one attached hydrogen (secondary N) is 1. The van der Waals surface area contributed by atoms with Gasteiger partial charge in [-0.25, -0.2) is 4.79 Å². The fraction of sp³-hybridized carbons (Fsp3) is 0.450. The summed E-state index contributed by atoms with van der Waals surface area (Å²) < 4.78 is 1.13. The SMILES string of the molecule is Cc1cc([C@@H]2C[C@H]2NC(=O)N(C)[C@H]2CCN(c3cccnn3)C2)ccc1Br. The number of aromatic nitrogens is 2. The van der Waals surface area contributed by atoms with Crippen molar-refractivity contribution in [1.29, 1.82) is 0 Å². The summed E-state index contributed by atoms with van der Waals surface area (Å²) in [4.78, 5) is 16.7. The first-order valence-corrected chi connectivity index (χ1v) is 10.1. The quantitative estimate of drug-likeness (QED) is 0.809. The molecule has 2 heterocycles. The van der Waals surface area contributed by atoms with Gasteiger partial charge in [-0.15, -0.1) is 5.10 Å². The molecule has 1 aliphatic carbocycles. The number of benzene rings is 1. The minimum Gasteiger partial charge on any atom is -0.353 e. The maximum Gasteiger partial charge on any atom is 0.317 e. The van der Waals surface area contributed by atoms with Crippen LogP contribution in [-0.2, 0) is 0 Å². The minimum absolute atomic E-state index is 0.0160. The van der Waals surface area contributed by atoms with Gasteiger partial charge < -0.3 is 15.1 Å². The van der Waals surface area contributed by atoms with Crippen LogP contribution in [0.15, 0.2) is 41.0 Å². The van der Waals surface area contributed by atoms with Gasteiger partial charge in [0.2, 0.25) is 0 Å². The first kappa shape index (κ1) is 18.2. The molecule has 1 aromatic carbocycles. The van der Waals surface area contributed by atoms with Crippen LogP contribution < -0.4 is 10.2 Å². The van der Waals surface area contributed by atoms with Crippen LogP contribution in [0.3, 0.4) is 0 Å². The molecule has 0 radical (unpaired) electrons. The lowest BCUT2D eigenvalue weighted by molar-refractivity contribution is 0.193. The van der Waals surface area contributed by atoms with Crippen molar-refractivity contribution in [3.63, 3.8) is 0 Å². The van der Waals surface area contributed by atoms with Crippen LogP contribution >= 0.6 is 15.9 Å². The van der Waals surface area contributed by atoms with Gasteiger partial charge in [0.1, 0.15) is 0 Å². The number of likely N-dealkylation sites (N-methyl/N-ethyl adjacent to an activating group) is 1. The van der Waals surface area contributed by atoms with Crippen molar-refractivity contribution in [2.45, 2.75) is 37.8 Å². The van der Waals surface area contributed by atoms with Crippen LogP contribution in [0.25, 0.3) is 0 Å². The van der Waals surface area contributed by atoms with E-state index in [1.165, 1.54) is 11.1 Å². The number of amides is 2. The van der Waals surface area contributed by atoms with E-state index in [0.29, 0.717) is 5.92 Å². The molecular formula is C20H24BrN5O. The Labute approximate surface area is 168 Å². The van der Waals surface area contributed by atoms with Gasteiger partial charge in [-0.3, -0.25) is 0 Å². The first-order chi connectivity index (χ1) is 13.0. The number of carbonyl (C=O) groups is 1. The second kappa shape index (κ2) is 7.46. The molecule has 0 bridgehead atoms. The van der Waals surface area contributed by atoms with E-state index in [1.807, 2.05) is 24.1 Å². The number of anilines is 1. The maximum atomic E-state index is 12.7. The second-order valence-electron chi connectivity index (χ2n) is 7.49. The summed E-state index contributed by atoms with van der Waals surface area (Å²) in [5.74, 6) is 1.30. The molecule has 2 amide bonds. The van der Waals surface area contributed by atoms with E-state index in [-0.39, 0.29) is 18.1 Å². The van der Waals surface area contributed by atoms with E-state index in [1.54, 1.807) is 6.20 Å². The summed E-state index contributed by atoms with van der Waals surface area (Å²) in [5.41, 5.74) is 2.54. The number of urea groups is 1. The highest BCUT2D eigenvalue weighted by Gasteiger charge is 2.41. The zero-order valence-electron chi connectivity index (χ0n) is 15.6. The van der Waals surface area contributed by atoms with Gasteiger partial charge in [-0.2, -0.15) is 5.10 Å². The first-order valence-electron chi connectivity index (χ1n) is 9.35. The number of aryl methyl sites for hydroxylation is 1. The van der Waals surface area contributed by atoms with Crippen LogP contribution in [0.5, 0.6) is 0 Å². The molecule has 1 aliphatic heterocycles. The normalized spacial score (nSPS) is 24.0. The highest BCUT2D eigenvalue weighted by Crippen LogP contribution is 2.41. The third kappa shape index (κ3) is 3.93. The van der Waals surface area contributed by atoms with Crippen LogP contribution in [0, 0.1) is 6.92 Å². The van der Waals surface area contributed by atoms with Crippen LogP contribution in [0.4, 0.5) is 10.6 Å². The smallest absolute Gasteiger partial charge is 0.317 e. The Bertz CT molecular complexity index is 830. The maximum absolute atomic E-state index is 12.7. The Hall–Kier alpha value is -2.15. The minimum atomic E-state index is 0.0160. The molecule has 0 unspecified atom stereocenters. The molecule has 1 saturated carbocycles. The largest absolute Gasteiger partial charge is 0.353 e. The van der Waals surface area contributed by atoms with Crippen molar-refractivity contribution >= 4 is 27.8 Å². The number of hydrogen-bond acceptors (Lipinski definition) is 4. The summed E-state index contributed by atoms with van der Waals surface area (Å²) in [7, 11) is 1.89. The van der Waals surface area contributed by atoms with Gasteiger partial charge in [0, 0.05) is 42.8 Å². The van der Waals surface area contributed by atoms with E-state index in [2.05, 4.69) is 61.5 Å². The molecule has 6 nitrogen and oxygen atoms in total. The molecule has 1 N–H and O–H groups in total. The molecular weight excluding hydrogens is 406 g/mol. The predicted octanol–water partition coefficient (Wildman–Crippen LogP) is 3.32. The zero-order valence-corrected chi connectivity index (χ0v) is 17.2. The van der Waals surface area contributed by atoms with Gasteiger partial charge in [-0.1, -0.05) is 28.1 Å². The molecule has 7 heteroatoms.